The van der Waals surface area contributed by atoms with Crippen LogP contribution in [-0.4, -0.2) is 93.5 Å². The number of nitrogens with two attached hydrogens (primary N) is 1. The molecule has 41 heavy (non-hydrogen) atoms. The van der Waals surface area contributed by atoms with Gasteiger partial charge >= 0.3 is 5.97 Å². The molecule has 0 radical (unpaired) electrons. The molecule has 0 saturated carbocycles. The minimum Gasteiger partial charge on any atom is -0.508 e. The fourth-order valence-corrected chi connectivity index (χ4v) is 5.08. The summed E-state index contributed by atoms with van der Waals surface area (Å²) < 4.78 is 0. The summed E-state index contributed by atoms with van der Waals surface area (Å²) in [4.78, 5) is 65.4. The van der Waals surface area contributed by atoms with Gasteiger partial charge < -0.3 is 36.8 Å². The first-order valence-electron chi connectivity index (χ1n) is 13.8. The van der Waals surface area contributed by atoms with Crippen molar-refractivity contribution < 1.29 is 34.2 Å². The van der Waals surface area contributed by atoms with Crippen molar-refractivity contribution in [3.8, 4) is 5.75 Å². The summed E-state index contributed by atoms with van der Waals surface area (Å²) in [7, 11) is 0. The van der Waals surface area contributed by atoms with E-state index in [0.29, 0.717) is 43.5 Å². The van der Waals surface area contributed by atoms with Crippen molar-refractivity contribution in [1.82, 2.24) is 20.9 Å². The highest BCUT2D eigenvalue weighted by Gasteiger charge is 2.39. The molecule has 1 aliphatic rings. The maximum Gasteiger partial charge on any atom is 0.326 e. The molecule has 1 heterocycles. The number of amides is 4. The number of thioether (sulfide) groups is 1. The number of benzene rings is 1. The number of aromatic hydroxyl groups is 1. The lowest BCUT2D eigenvalue weighted by molar-refractivity contribution is -0.143. The Labute approximate surface area is 245 Å². The normalized spacial score (nSPS) is 17.8. The van der Waals surface area contributed by atoms with E-state index in [4.69, 9.17) is 5.73 Å². The van der Waals surface area contributed by atoms with Crippen molar-refractivity contribution in [2.75, 3.05) is 18.6 Å². The number of hydrogen-bond acceptors (Lipinski definition) is 8. The smallest absolute Gasteiger partial charge is 0.326 e. The number of carbonyl (C=O) groups is 5. The van der Waals surface area contributed by atoms with Crippen LogP contribution in [-0.2, 0) is 30.4 Å². The number of carboxylic acids is 1. The lowest BCUT2D eigenvalue weighted by atomic mass is 10.0. The third-order valence-electron chi connectivity index (χ3n) is 6.87. The maximum atomic E-state index is 13.5. The zero-order valence-corrected chi connectivity index (χ0v) is 24.9. The predicted octanol–water partition coefficient (Wildman–Crippen LogP) is 0.611. The number of nitrogens with one attached hydrogen (secondary N) is 3. The van der Waals surface area contributed by atoms with Gasteiger partial charge in [0.1, 0.15) is 29.9 Å². The Bertz CT molecular complexity index is 1070. The van der Waals surface area contributed by atoms with Gasteiger partial charge in [-0.1, -0.05) is 26.0 Å². The highest BCUT2D eigenvalue weighted by molar-refractivity contribution is 7.98. The minimum atomic E-state index is -1.25. The second kappa shape index (κ2) is 16.2. The summed E-state index contributed by atoms with van der Waals surface area (Å²) in [6, 6.07) is 1.22. The standard InChI is InChI=1S/C28H43N5O7S/c1-16(2)14-21(31-25(36)20(29)11-13-41-4)27(38)33-12-5-6-23(33)26(37)30-17(3)24(35)32-22(28(39)40)15-18-7-9-19(34)10-8-18/h7-10,16-17,20-23,34H,5-6,11-15,29H2,1-4H3,(H,30,37)(H,31,36)(H,32,35)(H,39,40)/t17-,20-,21-,22-,23-/m0/s1. The molecule has 1 fully saturated rings. The fourth-order valence-electron chi connectivity index (χ4n) is 4.59. The molecule has 1 saturated heterocycles. The van der Waals surface area contributed by atoms with E-state index in [1.807, 2.05) is 20.1 Å². The van der Waals surface area contributed by atoms with Gasteiger partial charge in [-0.2, -0.15) is 11.8 Å². The van der Waals surface area contributed by atoms with Gasteiger partial charge in [-0.15, -0.1) is 0 Å². The number of hydrogen-bond donors (Lipinski definition) is 6. The number of nitrogens with zero attached hydrogens (tertiary/aromatic N) is 1. The molecule has 2 rings (SSSR count). The molecule has 0 spiro atoms. The van der Waals surface area contributed by atoms with Crippen molar-refractivity contribution in [3.05, 3.63) is 29.8 Å². The molecule has 1 aromatic rings. The van der Waals surface area contributed by atoms with E-state index in [1.54, 1.807) is 23.9 Å². The van der Waals surface area contributed by atoms with Gasteiger partial charge in [-0.3, -0.25) is 19.2 Å². The lowest BCUT2D eigenvalue weighted by Crippen LogP contribution is -2.58. The minimum absolute atomic E-state index is 0.0170. The van der Waals surface area contributed by atoms with Gasteiger partial charge in [-0.25, -0.2) is 4.79 Å². The summed E-state index contributed by atoms with van der Waals surface area (Å²) >= 11 is 1.57. The average molecular weight is 594 g/mol. The number of aliphatic carboxylic acids is 1. The predicted molar refractivity (Wildman–Crippen MR) is 156 cm³/mol. The topological polar surface area (TPSA) is 191 Å². The Balaban J connectivity index is 2.04. The van der Waals surface area contributed by atoms with Crippen LogP contribution in [0.1, 0.15) is 52.0 Å². The summed E-state index contributed by atoms with van der Waals surface area (Å²) in [5.41, 5.74) is 6.60. The molecule has 0 unspecified atom stereocenters. The first-order chi connectivity index (χ1) is 19.3. The Morgan fingerprint density at radius 2 is 1.66 bits per heavy atom. The van der Waals surface area contributed by atoms with E-state index in [9.17, 15) is 34.2 Å². The second-order valence-corrected chi connectivity index (χ2v) is 11.8. The zero-order chi connectivity index (χ0) is 30.7. The molecule has 0 aromatic heterocycles. The summed E-state index contributed by atoms with van der Waals surface area (Å²) in [6.07, 6.45) is 3.72. The molecular weight excluding hydrogens is 550 g/mol. The van der Waals surface area contributed by atoms with Crippen molar-refractivity contribution >= 4 is 41.4 Å². The van der Waals surface area contributed by atoms with Crippen molar-refractivity contribution in [2.24, 2.45) is 11.7 Å². The van der Waals surface area contributed by atoms with E-state index in [-0.39, 0.29) is 24.0 Å². The van der Waals surface area contributed by atoms with Gasteiger partial charge in [0.25, 0.3) is 0 Å². The fraction of sp³-hybridized carbons (Fsp3) is 0.607. The highest BCUT2D eigenvalue weighted by atomic mass is 32.2. The third kappa shape index (κ3) is 10.5. The Morgan fingerprint density at radius 3 is 2.24 bits per heavy atom. The number of likely N-dealkylation sites (tertiary alicyclic amines) is 1. The monoisotopic (exact) mass is 593 g/mol. The summed E-state index contributed by atoms with van der Waals surface area (Å²) in [5, 5.41) is 26.8. The average Bonchev–Trinajstić information content (AvgIpc) is 3.41. The SMILES string of the molecule is CSCC[C@H](N)C(=O)N[C@@H](CC(C)C)C(=O)N1CCC[C@H]1C(=O)N[C@@H](C)C(=O)N[C@@H](Cc1ccc(O)cc1)C(=O)O. The molecule has 5 atom stereocenters. The molecular formula is C28H43N5O7S. The van der Waals surface area contributed by atoms with Crippen LogP contribution in [0.2, 0.25) is 0 Å². The Hall–Kier alpha value is -3.32. The Kier molecular flexibility index (Phi) is 13.4. The number of carbonyl (C=O) groups excluding carboxylic acids is 4. The first-order valence-corrected chi connectivity index (χ1v) is 15.2. The molecule has 4 amide bonds. The van der Waals surface area contributed by atoms with Crippen molar-refractivity contribution in [1.29, 1.82) is 0 Å². The first kappa shape index (κ1) is 33.9. The van der Waals surface area contributed by atoms with Crippen LogP contribution in [0.25, 0.3) is 0 Å². The molecule has 228 valence electrons. The molecule has 0 bridgehead atoms. The van der Waals surface area contributed by atoms with Crippen LogP contribution in [0.4, 0.5) is 0 Å². The number of rotatable bonds is 15. The van der Waals surface area contributed by atoms with Gasteiger partial charge in [0.2, 0.25) is 23.6 Å². The summed E-state index contributed by atoms with van der Waals surface area (Å²) in [5.74, 6) is -2.42. The molecule has 13 heteroatoms. The molecule has 7 N–H and O–H groups in total. The zero-order valence-electron chi connectivity index (χ0n) is 24.1. The van der Waals surface area contributed by atoms with Crippen LogP contribution < -0.4 is 21.7 Å². The Morgan fingerprint density at radius 1 is 1.02 bits per heavy atom. The van der Waals surface area contributed by atoms with E-state index >= 15 is 0 Å². The largest absolute Gasteiger partial charge is 0.508 e. The quantitative estimate of drug-likeness (QED) is 0.169. The van der Waals surface area contributed by atoms with E-state index < -0.39 is 53.9 Å². The van der Waals surface area contributed by atoms with Gasteiger partial charge in [0.15, 0.2) is 0 Å². The molecule has 1 aliphatic heterocycles. The molecule has 0 aliphatic carbocycles. The summed E-state index contributed by atoms with van der Waals surface area (Å²) in [6.45, 7) is 5.63. The van der Waals surface area contributed by atoms with Crippen molar-refractivity contribution in [3.63, 3.8) is 0 Å². The van der Waals surface area contributed by atoms with Gasteiger partial charge in [0.05, 0.1) is 6.04 Å². The second-order valence-electron chi connectivity index (χ2n) is 10.8. The van der Waals surface area contributed by atoms with E-state index in [0.717, 1.165) is 0 Å². The number of carboxylic acid groups (broad SMARTS) is 1. The van der Waals surface area contributed by atoms with Crippen LogP contribution in [0.15, 0.2) is 24.3 Å². The van der Waals surface area contributed by atoms with Gasteiger partial charge in [-0.05, 0) is 68.2 Å². The van der Waals surface area contributed by atoms with Crippen LogP contribution in [0, 0.1) is 5.92 Å². The van der Waals surface area contributed by atoms with Gasteiger partial charge in [0, 0.05) is 13.0 Å². The van der Waals surface area contributed by atoms with E-state index in [1.165, 1.54) is 24.0 Å². The van der Waals surface area contributed by atoms with Crippen LogP contribution in [0.3, 0.4) is 0 Å². The van der Waals surface area contributed by atoms with Crippen molar-refractivity contribution in [2.45, 2.75) is 83.1 Å². The maximum absolute atomic E-state index is 13.5. The van der Waals surface area contributed by atoms with Crippen LogP contribution in [0.5, 0.6) is 5.75 Å². The number of phenolic OH excluding ortho intramolecular Hbond substituents is 1. The van der Waals surface area contributed by atoms with E-state index in [2.05, 4.69) is 16.0 Å². The third-order valence-corrected chi connectivity index (χ3v) is 7.52. The molecule has 12 nitrogen and oxygen atoms in total. The van der Waals surface area contributed by atoms with Crippen LogP contribution >= 0.6 is 11.8 Å². The lowest BCUT2D eigenvalue weighted by Gasteiger charge is -2.30. The highest BCUT2D eigenvalue weighted by Crippen LogP contribution is 2.21. The number of phenols is 1. The molecule has 1 aromatic carbocycles.